The first kappa shape index (κ1) is 15.2. The smallest absolute Gasteiger partial charge is 0.119 e. The lowest BCUT2D eigenvalue weighted by Crippen LogP contribution is -2.43. The standard InChI is InChI=1S/C17H28N2O/c1-14-13-15(20-12-7-17(2,3)4)5-6-16(14)19-10-8-18-9-11-19/h5-6,13,18H,7-12H2,1-4H3. The molecule has 1 aliphatic rings. The fourth-order valence-electron chi connectivity index (χ4n) is 2.45. The van der Waals surface area contributed by atoms with E-state index >= 15 is 0 Å². The Morgan fingerprint density at radius 3 is 2.50 bits per heavy atom. The van der Waals surface area contributed by atoms with Crippen LogP contribution in [0.25, 0.3) is 0 Å². The summed E-state index contributed by atoms with van der Waals surface area (Å²) in [5.41, 5.74) is 2.98. The van der Waals surface area contributed by atoms with E-state index < -0.39 is 0 Å². The molecule has 1 heterocycles. The molecule has 0 unspecified atom stereocenters. The zero-order valence-electron chi connectivity index (χ0n) is 13.3. The van der Waals surface area contributed by atoms with Crippen molar-refractivity contribution in [1.82, 2.24) is 5.32 Å². The number of hydrogen-bond donors (Lipinski definition) is 1. The second kappa shape index (κ2) is 6.49. The summed E-state index contributed by atoms with van der Waals surface area (Å²) in [4.78, 5) is 2.45. The van der Waals surface area contributed by atoms with Crippen molar-refractivity contribution < 1.29 is 4.74 Å². The number of rotatable bonds is 4. The van der Waals surface area contributed by atoms with Gasteiger partial charge in [-0.15, -0.1) is 0 Å². The summed E-state index contributed by atoms with van der Waals surface area (Å²) in [7, 11) is 0. The van der Waals surface area contributed by atoms with E-state index in [4.69, 9.17) is 4.74 Å². The molecular weight excluding hydrogens is 248 g/mol. The van der Waals surface area contributed by atoms with Crippen molar-refractivity contribution in [3.63, 3.8) is 0 Å². The van der Waals surface area contributed by atoms with Gasteiger partial charge in [-0.1, -0.05) is 20.8 Å². The van der Waals surface area contributed by atoms with Crippen LogP contribution in [-0.4, -0.2) is 32.8 Å². The largest absolute Gasteiger partial charge is 0.494 e. The van der Waals surface area contributed by atoms with Crippen LogP contribution in [0.3, 0.4) is 0 Å². The highest BCUT2D eigenvalue weighted by Crippen LogP contribution is 2.26. The van der Waals surface area contributed by atoms with Crippen molar-refractivity contribution in [3.8, 4) is 5.75 Å². The number of nitrogens with one attached hydrogen (secondary N) is 1. The SMILES string of the molecule is Cc1cc(OCCC(C)(C)C)ccc1N1CCNCC1. The van der Waals surface area contributed by atoms with E-state index in [0.29, 0.717) is 5.41 Å². The third kappa shape index (κ3) is 4.41. The van der Waals surface area contributed by atoms with Crippen LogP contribution < -0.4 is 15.0 Å². The summed E-state index contributed by atoms with van der Waals surface area (Å²) in [5.74, 6) is 0.991. The van der Waals surface area contributed by atoms with E-state index in [2.05, 4.69) is 56.1 Å². The molecular formula is C17H28N2O. The third-order valence-corrected chi connectivity index (χ3v) is 3.75. The molecule has 0 bridgehead atoms. The minimum absolute atomic E-state index is 0.329. The zero-order chi connectivity index (χ0) is 14.6. The van der Waals surface area contributed by atoms with Crippen LogP contribution in [0.4, 0.5) is 5.69 Å². The summed E-state index contributed by atoms with van der Waals surface area (Å²) in [6, 6.07) is 6.47. The van der Waals surface area contributed by atoms with Gasteiger partial charge in [0.05, 0.1) is 6.61 Å². The minimum Gasteiger partial charge on any atom is -0.494 e. The molecule has 0 spiro atoms. The highest BCUT2D eigenvalue weighted by atomic mass is 16.5. The first-order valence-electron chi connectivity index (χ1n) is 7.65. The van der Waals surface area contributed by atoms with Gasteiger partial charge in [0.1, 0.15) is 5.75 Å². The number of nitrogens with zero attached hydrogens (tertiary/aromatic N) is 1. The number of aryl methyl sites for hydroxylation is 1. The number of ether oxygens (including phenoxy) is 1. The van der Waals surface area contributed by atoms with Crippen LogP contribution in [0.2, 0.25) is 0 Å². The average Bonchev–Trinajstić information content (AvgIpc) is 2.38. The second-order valence-electron chi connectivity index (χ2n) is 6.84. The van der Waals surface area contributed by atoms with Gasteiger partial charge in [0.25, 0.3) is 0 Å². The molecule has 20 heavy (non-hydrogen) atoms. The Kier molecular flexibility index (Phi) is 4.92. The van der Waals surface area contributed by atoms with Crippen LogP contribution in [0.5, 0.6) is 5.75 Å². The average molecular weight is 276 g/mol. The molecule has 1 fully saturated rings. The Morgan fingerprint density at radius 2 is 1.90 bits per heavy atom. The highest BCUT2D eigenvalue weighted by molar-refractivity contribution is 5.56. The van der Waals surface area contributed by atoms with Crippen LogP contribution in [0.1, 0.15) is 32.8 Å². The molecule has 3 nitrogen and oxygen atoms in total. The van der Waals surface area contributed by atoms with Crippen LogP contribution in [0.15, 0.2) is 18.2 Å². The molecule has 0 aliphatic carbocycles. The topological polar surface area (TPSA) is 24.5 Å². The molecule has 1 saturated heterocycles. The fourth-order valence-corrected chi connectivity index (χ4v) is 2.45. The van der Waals surface area contributed by atoms with E-state index in [1.807, 2.05) is 0 Å². The van der Waals surface area contributed by atoms with Gasteiger partial charge in [-0.05, 0) is 42.5 Å². The van der Waals surface area contributed by atoms with E-state index in [1.165, 1.54) is 11.3 Å². The Bertz CT molecular complexity index is 431. The molecule has 0 saturated carbocycles. The van der Waals surface area contributed by atoms with Crippen molar-refractivity contribution in [1.29, 1.82) is 0 Å². The predicted octanol–water partition coefficient (Wildman–Crippen LogP) is 3.22. The molecule has 0 aromatic heterocycles. The summed E-state index contributed by atoms with van der Waals surface area (Å²) in [5, 5.41) is 3.39. The maximum absolute atomic E-state index is 5.87. The normalized spacial score (nSPS) is 16.3. The van der Waals surface area contributed by atoms with E-state index in [1.54, 1.807) is 0 Å². The third-order valence-electron chi connectivity index (χ3n) is 3.75. The summed E-state index contributed by atoms with van der Waals surface area (Å²) in [6.45, 7) is 14.0. The molecule has 112 valence electrons. The van der Waals surface area contributed by atoms with Crippen LogP contribution in [-0.2, 0) is 0 Å². The molecule has 1 aliphatic heterocycles. The molecule has 1 N–H and O–H groups in total. The maximum Gasteiger partial charge on any atom is 0.119 e. The van der Waals surface area contributed by atoms with Crippen molar-refractivity contribution >= 4 is 5.69 Å². The van der Waals surface area contributed by atoms with Crippen molar-refractivity contribution in [2.45, 2.75) is 34.1 Å². The molecule has 1 aromatic rings. The summed E-state index contributed by atoms with van der Waals surface area (Å²) in [6.07, 6.45) is 1.07. The van der Waals surface area contributed by atoms with Crippen molar-refractivity contribution in [2.75, 3.05) is 37.7 Å². The number of benzene rings is 1. The van der Waals surface area contributed by atoms with Gasteiger partial charge in [0.15, 0.2) is 0 Å². The molecule has 2 rings (SSSR count). The Labute approximate surface area is 123 Å². The molecule has 0 atom stereocenters. The lowest BCUT2D eigenvalue weighted by Gasteiger charge is -2.30. The second-order valence-corrected chi connectivity index (χ2v) is 6.84. The minimum atomic E-state index is 0.329. The van der Waals surface area contributed by atoms with E-state index in [-0.39, 0.29) is 0 Å². The first-order chi connectivity index (χ1) is 9.46. The Hall–Kier alpha value is -1.22. The fraction of sp³-hybridized carbons (Fsp3) is 0.647. The van der Waals surface area contributed by atoms with Gasteiger partial charge >= 0.3 is 0 Å². The maximum atomic E-state index is 5.87. The van der Waals surface area contributed by atoms with Gasteiger partial charge in [0.2, 0.25) is 0 Å². The molecule has 3 heteroatoms. The lowest BCUT2D eigenvalue weighted by atomic mass is 9.93. The van der Waals surface area contributed by atoms with Gasteiger partial charge in [-0.2, -0.15) is 0 Å². The lowest BCUT2D eigenvalue weighted by molar-refractivity contribution is 0.243. The molecule has 0 radical (unpaired) electrons. The van der Waals surface area contributed by atoms with E-state index in [0.717, 1.165) is 45.0 Å². The van der Waals surface area contributed by atoms with Gasteiger partial charge < -0.3 is 15.0 Å². The number of anilines is 1. The van der Waals surface area contributed by atoms with Crippen LogP contribution >= 0.6 is 0 Å². The molecule has 0 amide bonds. The van der Waals surface area contributed by atoms with Gasteiger partial charge in [0, 0.05) is 31.9 Å². The Balaban J connectivity index is 1.95. The van der Waals surface area contributed by atoms with Crippen molar-refractivity contribution in [2.24, 2.45) is 5.41 Å². The molecule has 1 aromatic carbocycles. The number of piperazine rings is 1. The monoisotopic (exact) mass is 276 g/mol. The van der Waals surface area contributed by atoms with Crippen LogP contribution in [0, 0.1) is 12.3 Å². The zero-order valence-corrected chi connectivity index (χ0v) is 13.3. The first-order valence-corrected chi connectivity index (χ1v) is 7.65. The van der Waals surface area contributed by atoms with Gasteiger partial charge in [-0.3, -0.25) is 0 Å². The highest BCUT2D eigenvalue weighted by Gasteiger charge is 2.13. The van der Waals surface area contributed by atoms with Crippen molar-refractivity contribution in [3.05, 3.63) is 23.8 Å². The van der Waals surface area contributed by atoms with Gasteiger partial charge in [-0.25, -0.2) is 0 Å². The summed E-state index contributed by atoms with van der Waals surface area (Å²) >= 11 is 0. The Morgan fingerprint density at radius 1 is 1.20 bits per heavy atom. The van der Waals surface area contributed by atoms with E-state index in [9.17, 15) is 0 Å². The summed E-state index contributed by atoms with van der Waals surface area (Å²) < 4.78 is 5.87. The number of hydrogen-bond acceptors (Lipinski definition) is 3. The quantitative estimate of drug-likeness (QED) is 0.914. The predicted molar refractivity (Wildman–Crippen MR) is 85.8 cm³/mol.